The summed E-state index contributed by atoms with van der Waals surface area (Å²) in [5, 5.41) is 5.40. The van der Waals surface area contributed by atoms with Crippen LogP contribution in [0.15, 0.2) is 0 Å². The zero-order valence-corrected chi connectivity index (χ0v) is 33.0. The number of halogens is 2. The number of unbranched alkanes of at least 4 members (excludes halogenated alkanes) is 7. The van der Waals surface area contributed by atoms with Crippen LogP contribution >= 0.6 is 18.8 Å². The van der Waals surface area contributed by atoms with E-state index in [1.54, 1.807) is 37.5 Å². The second-order valence-corrected chi connectivity index (χ2v) is 8.48. The summed E-state index contributed by atoms with van der Waals surface area (Å²) >= 11 is 3.22. The molecule has 3 heterocycles. The first-order chi connectivity index (χ1) is 20.1. The summed E-state index contributed by atoms with van der Waals surface area (Å²) in [7, 11) is 9.22. The molecule has 3 saturated heterocycles. The van der Waals surface area contributed by atoms with Gasteiger partial charge in [-0.15, -0.1) is 4.84 Å². The SMILES string of the molecule is CC.CC.CCCCCCC1O[N+]12C[N-]2.CCCCCCCON1CCNCC1.[CH2-]CC[NH-].[Cl][Pt].[Cl][Pt].[NH-]CC[NH-]. The molecule has 0 aromatic carbocycles. The van der Waals surface area contributed by atoms with Gasteiger partial charge >= 0.3 is 56.4 Å². The van der Waals surface area contributed by atoms with Crippen molar-refractivity contribution in [2.75, 3.05) is 59.1 Å². The van der Waals surface area contributed by atoms with Crippen molar-refractivity contribution in [2.24, 2.45) is 0 Å². The Morgan fingerprint density at radius 3 is 1.66 bits per heavy atom. The topological polar surface area (TPSA) is 123 Å². The Kier molecular flexibility index (Phi) is 61.7. The predicted octanol–water partition coefficient (Wildman–Crippen LogP) is 9.88. The van der Waals surface area contributed by atoms with Gasteiger partial charge in [0.2, 0.25) is 0 Å². The smallest absolute Gasteiger partial charge is 0.171 e. The van der Waals surface area contributed by atoms with Crippen LogP contribution in [0.1, 0.15) is 112 Å². The van der Waals surface area contributed by atoms with Gasteiger partial charge in [-0.05, 0) is 12.8 Å². The third-order valence-corrected chi connectivity index (χ3v) is 5.33. The standard InChI is InChI=1S/C11H24N2O.C8H16N2O.C3H7N.C2H6N2.2C2H6.2ClH.2Pt/c1-2-3-4-5-6-11-14-13-9-7-12-8-10-13;1-2-3-4-5-6-8-10(11-8)7-9-10;1-2-3-4;3-1-2-4;2*1-2;;;;/h12H,2-11H2,1H3;8H,2-7H2,1H3;4H,1-3H2;3-4H,1-2H2;2*1-2H3;2*1H;;/q;;2*-2;;;;;2*+1/p-2. The van der Waals surface area contributed by atoms with Crippen molar-refractivity contribution in [1.82, 2.24) is 10.4 Å². The van der Waals surface area contributed by atoms with Crippen LogP contribution in [0.5, 0.6) is 0 Å². The van der Waals surface area contributed by atoms with Crippen LogP contribution in [0.4, 0.5) is 0 Å². The van der Waals surface area contributed by atoms with Crippen LogP contribution in [-0.2, 0) is 47.2 Å². The van der Waals surface area contributed by atoms with Crippen molar-refractivity contribution in [3.63, 3.8) is 0 Å². The molecule has 41 heavy (non-hydrogen) atoms. The third kappa shape index (κ3) is 41.6. The average molecular weight is 993 g/mol. The van der Waals surface area contributed by atoms with Crippen LogP contribution in [0.25, 0.3) is 22.6 Å². The summed E-state index contributed by atoms with van der Waals surface area (Å²) in [6, 6.07) is 0. The van der Waals surface area contributed by atoms with E-state index in [2.05, 4.69) is 55.4 Å². The molecule has 0 radical (unpaired) electrons. The van der Waals surface area contributed by atoms with Gasteiger partial charge in [0.25, 0.3) is 6.23 Å². The molecule has 262 valence electrons. The van der Waals surface area contributed by atoms with Crippen LogP contribution in [0.3, 0.4) is 0 Å². The number of nitrogens with zero attached hydrogens (tertiary/aromatic N) is 3. The Bertz CT molecular complexity index is 412. The molecule has 2 atom stereocenters. The molecule has 4 N–H and O–H groups in total. The first-order valence-corrected chi connectivity index (χ1v) is 21.1. The van der Waals surface area contributed by atoms with Crippen LogP contribution in [0.2, 0.25) is 0 Å². The predicted molar refractivity (Wildman–Crippen MR) is 173 cm³/mol. The molecule has 0 saturated carbocycles. The fraction of sp³-hybridized carbons (Fsp3) is 0.964. The average Bonchev–Trinajstić information content (AvgIpc) is 4.00. The molecule has 3 fully saturated rings. The van der Waals surface area contributed by atoms with Crippen molar-refractivity contribution < 1.29 is 52.0 Å². The molecule has 2 unspecified atom stereocenters. The molecule has 0 aliphatic carbocycles. The van der Waals surface area contributed by atoms with Gasteiger partial charge in [-0.3, -0.25) is 4.84 Å². The van der Waals surface area contributed by atoms with E-state index in [0.717, 1.165) is 45.9 Å². The fourth-order valence-corrected chi connectivity index (χ4v) is 3.17. The minimum absolute atomic E-state index is 0.236. The van der Waals surface area contributed by atoms with Gasteiger partial charge in [0.1, 0.15) is 0 Å². The molecule has 9 nitrogen and oxygen atoms in total. The third-order valence-electron chi connectivity index (χ3n) is 5.33. The summed E-state index contributed by atoms with van der Waals surface area (Å²) in [6.45, 7) is 22.9. The summed E-state index contributed by atoms with van der Waals surface area (Å²) in [4.78, 5) is 11.0. The van der Waals surface area contributed by atoms with Gasteiger partial charge in [0.15, 0.2) is 0 Å². The molecule has 3 aliphatic heterocycles. The number of hydrogen-bond donors (Lipinski definition) is 1. The normalized spacial score (nSPS) is 19.1. The molecule has 0 aromatic heterocycles. The van der Waals surface area contributed by atoms with E-state index >= 15 is 0 Å². The van der Waals surface area contributed by atoms with E-state index in [4.69, 9.17) is 26.9 Å². The van der Waals surface area contributed by atoms with Crippen LogP contribution < -0.4 is 5.32 Å². The van der Waals surface area contributed by atoms with E-state index < -0.39 is 0 Å². The number of hydrogen-bond acceptors (Lipinski definition) is 4. The first-order valence-electron chi connectivity index (χ1n) is 15.4. The summed E-state index contributed by atoms with van der Waals surface area (Å²) in [5.41, 5.74) is 23.1. The van der Waals surface area contributed by atoms with Crippen molar-refractivity contribution in [2.45, 2.75) is 118 Å². The van der Waals surface area contributed by atoms with Gasteiger partial charge < -0.3 is 34.9 Å². The van der Waals surface area contributed by atoms with E-state index in [1.165, 1.54) is 64.2 Å². The maximum Gasteiger partial charge on any atom is -0.171 e. The molecule has 0 aromatic rings. The number of nitrogens with one attached hydrogen (secondary N) is 4. The summed E-state index contributed by atoms with van der Waals surface area (Å²) < 4.78 is 0.659. The quantitative estimate of drug-likeness (QED) is 0.0806. The molecular weight excluding hydrogens is 927 g/mol. The Hall–Kier alpha value is 1.60. The van der Waals surface area contributed by atoms with Gasteiger partial charge in [0.05, 0.1) is 13.3 Å². The Morgan fingerprint density at radius 2 is 1.29 bits per heavy atom. The van der Waals surface area contributed by atoms with Crippen molar-refractivity contribution >= 4 is 18.8 Å². The molecule has 1 spiro atoms. The minimum atomic E-state index is 0.236. The fourth-order valence-electron chi connectivity index (χ4n) is 3.17. The van der Waals surface area contributed by atoms with Gasteiger partial charge in [-0.2, -0.15) is 24.7 Å². The van der Waals surface area contributed by atoms with Gasteiger partial charge in [0, 0.05) is 32.6 Å². The van der Waals surface area contributed by atoms with Gasteiger partial charge in [-0.25, -0.2) is 11.2 Å². The number of quaternary nitrogens is 1. The Balaban J connectivity index is -0.000000142. The number of piperazine rings is 1. The van der Waals surface area contributed by atoms with Crippen molar-refractivity contribution in [3.05, 3.63) is 29.6 Å². The maximum atomic E-state index is 6.39. The second kappa shape index (κ2) is 48.5. The zero-order chi connectivity index (χ0) is 32.6. The van der Waals surface area contributed by atoms with Gasteiger partial charge in [-0.1, -0.05) is 86.5 Å². The largest absolute Gasteiger partial charge is 0.679 e. The Labute approximate surface area is 286 Å². The van der Waals surface area contributed by atoms with E-state index in [9.17, 15) is 0 Å². The number of hydroxylamine groups is 4. The summed E-state index contributed by atoms with van der Waals surface area (Å²) in [5.74, 6) is 0. The molecule has 3 aliphatic rings. The maximum absolute atomic E-state index is 6.39. The van der Waals surface area contributed by atoms with Crippen LogP contribution in [-0.4, -0.2) is 75.1 Å². The van der Waals surface area contributed by atoms with E-state index in [-0.39, 0.29) is 13.1 Å². The minimum Gasteiger partial charge on any atom is -0.679 e. The Morgan fingerprint density at radius 1 is 0.854 bits per heavy atom. The molecule has 3 rings (SSSR count). The molecule has 0 bridgehead atoms. The monoisotopic (exact) mass is 991 g/mol. The molecule has 0 amide bonds. The van der Waals surface area contributed by atoms with Crippen molar-refractivity contribution in [1.29, 1.82) is 0 Å². The van der Waals surface area contributed by atoms with E-state index in [1.807, 2.05) is 27.7 Å². The second-order valence-electron chi connectivity index (χ2n) is 8.48. The van der Waals surface area contributed by atoms with Crippen LogP contribution in [0, 0.1) is 6.92 Å². The first kappa shape index (κ1) is 52.1. The molecule has 13 heteroatoms. The summed E-state index contributed by atoms with van der Waals surface area (Å²) in [6.07, 6.45) is 14.3. The number of rotatable bonds is 14. The molecular formula is C28H65Cl2N7O2Pt2-4. The van der Waals surface area contributed by atoms with E-state index in [0.29, 0.717) is 17.5 Å². The van der Waals surface area contributed by atoms with Crippen molar-refractivity contribution in [3.8, 4) is 0 Å². The zero-order valence-electron chi connectivity index (χ0n) is 27.0.